The molecule has 118 valence electrons. The zero-order chi connectivity index (χ0) is 15.8. The van der Waals surface area contributed by atoms with Gasteiger partial charge in [-0.2, -0.15) is 5.10 Å². The van der Waals surface area contributed by atoms with Crippen molar-refractivity contribution in [1.82, 2.24) is 15.5 Å². The van der Waals surface area contributed by atoms with Gasteiger partial charge in [0.25, 0.3) is 0 Å². The van der Waals surface area contributed by atoms with Crippen molar-refractivity contribution in [2.75, 3.05) is 25.0 Å². The van der Waals surface area contributed by atoms with Gasteiger partial charge in [0.15, 0.2) is 5.82 Å². The molecular weight excluding hydrogens is 266 g/mol. The first kappa shape index (κ1) is 17.4. The fraction of sp³-hybridized carbons (Fsp3) is 0.667. The van der Waals surface area contributed by atoms with Crippen LogP contribution in [0.2, 0.25) is 0 Å². The first-order valence-corrected chi connectivity index (χ1v) is 7.64. The lowest BCUT2D eigenvalue weighted by atomic mass is 10.0. The molecule has 0 unspecified atom stereocenters. The van der Waals surface area contributed by atoms with E-state index in [0.717, 1.165) is 36.1 Å². The maximum Gasteiger partial charge on any atom is 0.239 e. The van der Waals surface area contributed by atoms with E-state index >= 15 is 0 Å². The second-order valence-corrected chi connectivity index (χ2v) is 5.04. The number of hydrogen-bond donors (Lipinski definition) is 2. The summed E-state index contributed by atoms with van der Waals surface area (Å²) in [5.74, 6) is 0.694. The summed E-state index contributed by atoms with van der Waals surface area (Å²) in [5.41, 5.74) is 9.05. The minimum atomic E-state index is -0.0123. The van der Waals surface area contributed by atoms with Gasteiger partial charge in [0, 0.05) is 25.7 Å². The van der Waals surface area contributed by atoms with Gasteiger partial charge < -0.3 is 16.0 Å². The first-order valence-electron chi connectivity index (χ1n) is 7.64. The van der Waals surface area contributed by atoms with Crippen LogP contribution in [0.1, 0.15) is 44.0 Å². The molecule has 1 rings (SSSR count). The fourth-order valence-electron chi connectivity index (χ4n) is 2.37. The van der Waals surface area contributed by atoms with Crippen molar-refractivity contribution in [2.24, 2.45) is 5.73 Å². The molecule has 1 amide bonds. The zero-order valence-electron chi connectivity index (χ0n) is 13.6. The Morgan fingerprint density at radius 3 is 2.43 bits per heavy atom. The van der Waals surface area contributed by atoms with E-state index in [1.807, 2.05) is 18.9 Å². The summed E-state index contributed by atoms with van der Waals surface area (Å²) in [6, 6.07) is 0. The lowest BCUT2D eigenvalue weighted by Gasteiger charge is -2.22. The van der Waals surface area contributed by atoms with E-state index in [2.05, 4.69) is 29.4 Å². The number of carbonyl (C=O) groups excluding carboxylic acids is 1. The number of anilines is 1. The maximum atomic E-state index is 11.8. The molecule has 6 nitrogen and oxygen atoms in total. The second kappa shape index (κ2) is 8.56. The van der Waals surface area contributed by atoms with E-state index in [1.54, 1.807) is 0 Å². The summed E-state index contributed by atoms with van der Waals surface area (Å²) in [4.78, 5) is 13.6. The standard InChI is InChI=1S/C15H27N5O/c1-5-8-17-14(21)10-20(4)15-12(9-16)11(6-2)13(7-3)18-19-15/h5-10,16H2,1-4H3,(H,17,21). The molecule has 0 spiro atoms. The van der Waals surface area contributed by atoms with Crippen molar-refractivity contribution in [3.63, 3.8) is 0 Å². The fourth-order valence-corrected chi connectivity index (χ4v) is 2.37. The molecule has 21 heavy (non-hydrogen) atoms. The molecule has 1 heterocycles. The van der Waals surface area contributed by atoms with Crippen LogP contribution >= 0.6 is 0 Å². The summed E-state index contributed by atoms with van der Waals surface area (Å²) in [5, 5.41) is 11.4. The lowest BCUT2D eigenvalue weighted by molar-refractivity contribution is -0.119. The summed E-state index contributed by atoms with van der Waals surface area (Å²) in [6.45, 7) is 7.53. The monoisotopic (exact) mass is 293 g/mol. The average molecular weight is 293 g/mol. The molecule has 3 N–H and O–H groups in total. The largest absolute Gasteiger partial charge is 0.355 e. The minimum absolute atomic E-state index is 0.0123. The van der Waals surface area contributed by atoms with Crippen LogP contribution in [0.25, 0.3) is 0 Å². The van der Waals surface area contributed by atoms with Crippen LogP contribution in [0.4, 0.5) is 5.82 Å². The molecule has 0 fully saturated rings. The molecular formula is C15H27N5O. The number of rotatable bonds is 8. The van der Waals surface area contributed by atoms with Crippen molar-refractivity contribution in [1.29, 1.82) is 0 Å². The third-order valence-corrected chi connectivity index (χ3v) is 3.46. The second-order valence-electron chi connectivity index (χ2n) is 5.04. The van der Waals surface area contributed by atoms with Crippen LogP contribution in [0, 0.1) is 0 Å². The molecule has 0 aliphatic carbocycles. The highest BCUT2D eigenvalue weighted by molar-refractivity contribution is 5.81. The molecule has 6 heteroatoms. The van der Waals surface area contributed by atoms with E-state index < -0.39 is 0 Å². The summed E-state index contributed by atoms with van der Waals surface area (Å²) in [7, 11) is 1.85. The molecule has 0 saturated heterocycles. The topological polar surface area (TPSA) is 84.1 Å². The van der Waals surface area contributed by atoms with E-state index in [4.69, 9.17) is 5.73 Å². The Hall–Kier alpha value is -1.69. The lowest BCUT2D eigenvalue weighted by Crippen LogP contribution is -2.36. The Balaban J connectivity index is 2.98. The predicted molar refractivity (Wildman–Crippen MR) is 85.3 cm³/mol. The number of carbonyl (C=O) groups is 1. The molecule has 0 aromatic carbocycles. The highest BCUT2D eigenvalue weighted by Gasteiger charge is 2.17. The van der Waals surface area contributed by atoms with Gasteiger partial charge >= 0.3 is 0 Å². The third kappa shape index (κ3) is 4.39. The maximum absolute atomic E-state index is 11.8. The van der Waals surface area contributed by atoms with Gasteiger partial charge in [0.2, 0.25) is 5.91 Å². The Bertz CT molecular complexity index is 475. The summed E-state index contributed by atoms with van der Waals surface area (Å²) in [6.07, 6.45) is 2.63. The van der Waals surface area contributed by atoms with E-state index in [-0.39, 0.29) is 12.5 Å². The van der Waals surface area contributed by atoms with Crippen molar-refractivity contribution >= 4 is 11.7 Å². The van der Waals surface area contributed by atoms with Gasteiger partial charge in [-0.05, 0) is 24.8 Å². The quantitative estimate of drug-likeness (QED) is 0.747. The van der Waals surface area contributed by atoms with Crippen molar-refractivity contribution in [3.8, 4) is 0 Å². The smallest absolute Gasteiger partial charge is 0.239 e. The van der Waals surface area contributed by atoms with Crippen LogP contribution in [0.15, 0.2) is 0 Å². The van der Waals surface area contributed by atoms with Crippen LogP contribution < -0.4 is 16.0 Å². The Kier molecular flexibility index (Phi) is 7.08. The number of amides is 1. The first-order chi connectivity index (χ1) is 10.1. The Morgan fingerprint density at radius 2 is 1.90 bits per heavy atom. The van der Waals surface area contributed by atoms with Crippen molar-refractivity contribution < 1.29 is 4.79 Å². The predicted octanol–water partition coefficient (Wildman–Crippen LogP) is 1.02. The summed E-state index contributed by atoms with van der Waals surface area (Å²) >= 11 is 0. The van der Waals surface area contributed by atoms with Gasteiger partial charge in [-0.15, -0.1) is 5.10 Å². The highest BCUT2D eigenvalue weighted by Crippen LogP contribution is 2.22. The number of likely N-dealkylation sites (N-methyl/N-ethyl adjacent to an activating group) is 1. The highest BCUT2D eigenvalue weighted by atomic mass is 16.2. The normalized spacial score (nSPS) is 10.5. The van der Waals surface area contributed by atoms with Gasteiger partial charge in [0.05, 0.1) is 12.2 Å². The van der Waals surface area contributed by atoms with E-state index in [1.165, 1.54) is 0 Å². The Morgan fingerprint density at radius 1 is 1.19 bits per heavy atom. The molecule has 0 aliphatic heterocycles. The van der Waals surface area contributed by atoms with E-state index in [9.17, 15) is 4.79 Å². The molecule has 1 aromatic heterocycles. The van der Waals surface area contributed by atoms with Gasteiger partial charge in [-0.1, -0.05) is 20.8 Å². The van der Waals surface area contributed by atoms with Crippen molar-refractivity contribution in [2.45, 2.75) is 46.6 Å². The van der Waals surface area contributed by atoms with E-state index in [0.29, 0.717) is 18.9 Å². The number of aromatic nitrogens is 2. The van der Waals surface area contributed by atoms with Crippen LogP contribution in [0.5, 0.6) is 0 Å². The van der Waals surface area contributed by atoms with Crippen molar-refractivity contribution in [3.05, 3.63) is 16.8 Å². The molecule has 0 radical (unpaired) electrons. The van der Waals surface area contributed by atoms with Gasteiger partial charge in [-0.3, -0.25) is 4.79 Å². The third-order valence-electron chi connectivity index (χ3n) is 3.46. The molecule has 0 aliphatic rings. The van der Waals surface area contributed by atoms with Crippen LogP contribution in [-0.4, -0.2) is 36.2 Å². The van der Waals surface area contributed by atoms with Gasteiger partial charge in [-0.25, -0.2) is 0 Å². The zero-order valence-corrected chi connectivity index (χ0v) is 13.6. The minimum Gasteiger partial charge on any atom is -0.355 e. The van der Waals surface area contributed by atoms with Crippen LogP contribution in [0.3, 0.4) is 0 Å². The Labute approximate surface area is 127 Å². The number of hydrogen-bond acceptors (Lipinski definition) is 5. The average Bonchev–Trinajstić information content (AvgIpc) is 2.50. The number of aryl methyl sites for hydroxylation is 1. The SMILES string of the molecule is CCCNC(=O)CN(C)c1nnc(CC)c(CC)c1CN. The van der Waals surface area contributed by atoms with Crippen LogP contribution in [-0.2, 0) is 24.2 Å². The molecule has 1 aromatic rings. The van der Waals surface area contributed by atoms with Gasteiger partial charge in [0.1, 0.15) is 0 Å². The number of nitrogens with two attached hydrogens (primary N) is 1. The molecule has 0 bridgehead atoms. The summed E-state index contributed by atoms with van der Waals surface area (Å²) < 4.78 is 0. The molecule has 0 saturated carbocycles. The number of nitrogens with zero attached hydrogens (tertiary/aromatic N) is 3. The molecule has 0 atom stereocenters. The number of nitrogens with one attached hydrogen (secondary N) is 1.